The van der Waals surface area contributed by atoms with Crippen molar-refractivity contribution in [3.63, 3.8) is 0 Å². The van der Waals surface area contributed by atoms with Crippen molar-refractivity contribution in [3.8, 4) is 45.8 Å². The fourth-order valence-electron chi connectivity index (χ4n) is 7.43. The molecule has 0 radical (unpaired) electrons. The Bertz CT molecular complexity index is 2710. The highest BCUT2D eigenvalue weighted by atomic mass is 15.0. The molecule has 0 atom stereocenters. The summed E-state index contributed by atoms with van der Waals surface area (Å²) in [6.45, 7) is 0. The third-order valence-electron chi connectivity index (χ3n) is 9.41. The summed E-state index contributed by atoms with van der Waals surface area (Å²) in [5.74, 6) is 0. The minimum atomic E-state index is 0.511. The van der Waals surface area contributed by atoms with Gasteiger partial charge in [-0.05, 0) is 65.7 Å². The van der Waals surface area contributed by atoms with Gasteiger partial charge >= 0.3 is 0 Å². The lowest BCUT2D eigenvalue weighted by atomic mass is 9.87. The molecule has 9 rings (SSSR count). The van der Waals surface area contributed by atoms with Crippen LogP contribution in [0.4, 0.5) is 0 Å². The first-order valence-electron chi connectivity index (χ1n) is 15.9. The SMILES string of the molecule is N#Cc1cccc(-c2cccc(-n3c4ccccc4c4ccccc43)c2)c1-c1c(C#N)cccc1-n1c2ccccc2c2ccccc21. The van der Waals surface area contributed by atoms with Crippen LogP contribution in [0.2, 0.25) is 0 Å². The second-order valence-electron chi connectivity index (χ2n) is 11.9. The highest BCUT2D eigenvalue weighted by Gasteiger charge is 2.23. The molecule has 7 aromatic carbocycles. The molecular weight excluding hydrogens is 585 g/mol. The molecule has 0 aliphatic carbocycles. The largest absolute Gasteiger partial charge is 0.309 e. The van der Waals surface area contributed by atoms with Crippen molar-refractivity contribution in [2.75, 3.05) is 0 Å². The Morgan fingerprint density at radius 3 is 1.40 bits per heavy atom. The van der Waals surface area contributed by atoms with Gasteiger partial charge in [0.2, 0.25) is 0 Å². The summed E-state index contributed by atoms with van der Waals surface area (Å²) >= 11 is 0. The van der Waals surface area contributed by atoms with Crippen molar-refractivity contribution in [1.29, 1.82) is 10.5 Å². The Hall–Kier alpha value is -6.88. The van der Waals surface area contributed by atoms with E-state index in [0.29, 0.717) is 11.1 Å². The van der Waals surface area contributed by atoms with Crippen LogP contribution in [0.3, 0.4) is 0 Å². The van der Waals surface area contributed by atoms with Crippen LogP contribution < -0.4 is 0 Å². The van der Waals surface area contributed by atoms with E-state index < -0.39 is 0 Å². The summed E-state index contributed by atoms with van der Waals surface area (Å²) in [6, 6.07) is 58.7. The number of para-hydroxylation sites is 4. The zero-order chi connectivity index (χ0) is 32.2. The summed E-state index contributed by atoms with van der Waals surface area (Å²) in [5, 5.41) is 25.8. The topological polar surface area (TPSA) is 57.4 Å². The molecule has 0 saturated heterocycles. The molecule has 2 heterocycles. The third kappa shape index (κ3) is 4.01. The van der Waals surface area contributed by atoms with E-state index in [9.17, 15) is 10.5 Å². The van der Waals surface area contributed by atoms with Crippen LogP contribution in [0.15, 0.2) is 158 Å². The number of nitriles is 2. The lowest BCUT2D eigenvalue weighted by molar-refractivity contribution is 1.18. The quantitative estimate of drug-likeness (QED) is 0.199. The number of hydrogen-bond acceptors (Lipinski definition) is 2. The molecule has 4 heteroatoms. The van der Waals surface area contributed by atoms with E-state index in [1.54, 1.807) is 0 Å². The lowest BCUT2D eigenvalue weighted by Gasteiger charge is -2.20. The van der Waals surface area contributed by atoms with Gasteiger partial charge < -0.3 is 9.13 Å². The van der Waals surface area contributed by atoms with E-state index in [0.717, 1.165) is 66.5 Å². The molecule has 0 unspecified atom stereocenters. The first-order valence-corrected chi connectivity index (χ1v) is 15.9. The summed E-state index contributed by atoms with van der Waals surface area (Å²) in [6.07, 6.45) is 0. The van der Waals surface area contributed by atoms with Gasteiger partial charge in [0, 0.05) is 38.4 Å². The van der Waals surface area contributed by atoms with E-state index >= 15 is 0 Å². The molecule has 0 fully saturated rings. The number of rotatable bonds is 4. The minimum absolute atomic E-state index is 0.511. The highest BCUT2D eigenvalue weighted by Crippen LogP contribution is 2.43. The monoisotopic (exact) mass is 610 g/mol. The van der Waals surface area contributed by atoms with Gasteiger partial charge in [0.25, 0.3) is 0 Å². The third-order valence-corrected chi connectivity index (χ3v) is 9.41. The van der Waals surface area contributed by atoms with E-state index in [-0.39, 0.29) is 0 Å². The maximum Gasteiger partial charge on any atom is 0.0998 e. The van der Waals surface area contributed by atoms with Crippen molar-refractivity contribution in [1.82, 2.24) is 9.13 Å². The summed E-state index contributed by atoms with van der Waals surface area (Å²) in [7, 11) is 0. The van der Waals surface area contributed by atoms with Crippen LogP contribution in [-0.2, 0) is 0 Å². The predicted molar refractivity (Wildman–Crippen MR) is 195 cm³/mol. The smallest absolute Gasteiger partial charge is 0.0998 e. The van der Waals surface area contributed by atoms with Gasteiger partial charge in [0.1, 0.15) is 0 Å². The Labute approximate surface area is 277 Å². The molecule has 0 saturated carbocycles. The normalized spacial score (nSPS) is 11.3. The Balaban J connectivity index is 1.34. The van der Waals surface area contributed by atoms with Crippen molar-refractivity contribution in [3.05, 3.63) is 169 Å². The number of fused-ring (bicyclic) bond motifs is 6. The summed E-state index contributed by atoms with van der Waals surface area (Å²) in [4.78, 5) is 0. The predicted octanol–water partition coefficient (Wildman–Crippen LogP) is 11.0. The van der Waals surface area contributed by atoms with Gasteiger partial charge in [0.05, 0.1) is 51.0 Å². The van der Waals surface area contributed by atoms with Gasteiger partial charge in [-0.3, -0.25) is 0 Å². The van der Waals surface area contributed by atoms with E-state index in [1.807, 2.05) is 36.4 Å². The molecule has 2 aromatic heterocycles. The van der Waals surface area contributed by atoms with Gasteiger partial charge in [-0.1, -0.05) is 103 Å². The molecule has 0 aliphatic rings. The maximum absolute atomic E-state index is 10.6. The fourth-order valence-corrected chi connectivity index (χ4v) is 7.43. The minimum Gasteiger partial charge on any atom is -0.309 e. The molecule has 222 valence electrons. The van der Waals surface area contributed by atoms with Crippen LogP contribution in [0.1, 0.15) is 11.1 Å². The standard InChI is InChI=1S/C44H26N4/c45-27-30-13-10-20-33(29-12-9-15-32(26-29)47-38-21-5-1-16-34(38)35-17-2-6-22-39(35)47)43(30)44-31(28-46)14-11-25-42(44)48-40-23-7-3-18-36(40)37-19-4-8-24-41(37)48/h1-26H. The van der Waals surface area contributed by atoms with Gasteiger partial charge in [0.15, 0.2) is 0 Å². The molecule has 0 spiro atoms. The Morgan fingerprint density at radius 2 is 0.854 bits per heavy atom. The first-order chi connectivity index (χ1) is 23.8. The summed E-state index contributed by atoms with van der Waals surface area (Å²) < 4.78 is 4.53. The van der Waals surface area contributed by atoms with Crippen LogP contribution in [0, 0.1) is 22.7 Å². The molecule has 0 N–H and O–H groups in total. The van der Waals surface area contributed by atoms with Crippen LogP contribution >= 0.6 is 0 Å². The first kappa shape index (κ1) is 27.4. The zero-order valence-electron chi connectivity index (χ0n) is 25.8. The van der Waals surface area contributed by atoms with Crippen molar-refractivity contribution in [2.24, 2.45) is 0 Å². The molecule has 0 aliphatic heterocycles. The number of benzene rings is 7. The number of hydrogen-bond donors (Lipinski definition) is 0. The molecule has 0 amide bonds. The number of aromatic nitrogens is 2. The average molecular weight is 611 g/mol. The summed E-state index contributed by atoms with van der Waals surface area (Å²) in [5.41, 5.74) is 10.6. The van der Waals surface area contributed by atoms with E-state index in [2.05, 4.69) is 143 Å². The van der Waals surface area contributed by atoms with Crippen LogP contribution in [0.25, 0.3) is 77.2 Å². The zero-order valence-corrected chi connectivity index (χ0v) is 25.8. The van der Waals surface area contributed by atoms with Crippen LogP contribution in [0.5, 0.6) is 0 Å². The molecule has 48 heavy (non-hydrogen) atoms. The Morgan fingerprint density at radius 1 is 0.396 bits per heavy atom. The maximum atomic E-state index is 10.6. The molecule has 4 nitrogen and oxygen atoms in total. The number of nitrogens with zero attached hydrogens (tertiary/aromatic N) is 4. The molecular formula is C44H26N4. The second kappa shape index (κ2) is 10.9. The van der Waals surface area contributed by atoms with Crippen molar-refractivity contribution in [2.45, 2.75) is 0 Å². The molecule has 0 bridgehead atoms. The molecule has 9 aromatic rings. The highest BCUT2D eigenvalue weighted by molar-refractivity contribution is 6.11. The van der Waals surface area contributed by atoms with Crippen molar-refractivity contribution < 1.29 is 0 Å². The van der Waals surface area contributed by atoms with E-state index in [4.69, 9.17) is 0 Å². The van der Waals surface area contributed by atoms with E-state index in [1.165, 1.54) is 10.8 Å². The lowest BCUT2D eigenvalue weighted by Crippen LogP contribution is -2.02. The fraction of sp³-hybridized carbons (Fsp3) is 0. The van der Waals surface area contributed by atoms with Gasteiger partial charge in [-0.15, -0.1) is 0 Å². The van der Waals surface area contributed by atoms with Crippen LogP contribution in [-0.4, -0.2) is 9.13 Å². The Kier molecular flexibility index (Phi) is 6.22. The average Bonchev–Trinajstić information content (AvgIpc) is 3.67. The van der Waals surface area contributed by atoms with Crippen molar-refractivity contribution >= 4 is 43.6 Å². The second-order valence-corrected chi connectivity index (χ2v) is 11.9. The van der Waals surface area contributed by atoms with Gasteiger partial charge in [-0.2, -0.15) is 10.5 Å². The van der Waals surface area contributed by atoms with Gasteiger partial charge in [-0.25, -0.2) is 0 Å².